The highest BCUT2D eigenvalue weighted by Crippen LogP contribution is 2.69. The molecule has 4 rings (SSSR count). The van der Waals surface area contributed by atoms with E-state index in [1.165, 1.54) is 7.11 Å². The zero-order valence-corrected chi connectivity index (χ0v) is 20.8. The lowest BCUT2D eigenvalue weighted by Gasteiger charge is -2.63. The van der Waals surface area contributed by atoms with Gasteiger partial charge in [0.1, 0.15) is 5.78 Å². The highest BCUT2D eigenvalue weighted by molar-refractivity contribution is 5.84. The average molecular weight is 475 g/mol. The van der Waals surface area contributed by atoms with Crippen LogP contribution in [0.25, 0.3) is 0 Å². The fourth-order valence-electron chi connectivity index (χ4n) is 9.12. The Balaban J connectivity index is 1.65. The van der Waals surface area contributed by atoms with E-state index in [-0.39, 0.29) is 52.7 Å². The van der Waals surface area contributed by atoms with Gasteiger partial charge in [0.2, 0.25) is 0 Å². The van der Waals surface area contributed by atoms with Crippen LogP contribution in [-0.2, 0) is 23.9 Å². The molecule has 0 aromatic heterocycles. The first-order chi connectivity index (χ1) is 15.9. The number of methoxy groups -OCH3 is 1. The van der Waals surface area contributed by atoms with E-state index in [4.69, 9.17) is 4.74 Å². The molecule has 4 saturated carbocycles. The van der Waals surface area contributed by atoms with Crippen molar-refractivity contribution in [3.63, 3.8) is 0 Å². The second-order valence-corrected chi connectivity index (χ2v) is 12.2. The molecule has 0 N–H and O–H groups in total. The van der Waals surface area contributed by atoms with Crippen molar-refractivity contribution in [3.8, 4) is 0 Å². The second kappa shape index (κ2) is 8.94. The van der Waals surface area contributed by atoms with Crippen molar-refractivity contribution in [1.29, 1.82) is 0 Å². The van der Waals surface area contributed by atoms with Gasteiger partial charge in [0.05, 0.1) is 7.11 Å². The number of fused-ring (bicyclic) bond motifs is 5. The molecule has 4 fully saturated rings. The molecule has 10 atom stereocenters. The molecular weight excluding hydrogens is 436 g/mol. The molecule has 4 aliphatic carbocycles. The molecule has 7 nitrogen and oxygen atoms in total. The van der Waals surface area contributed by atoms with E-state index in [1.807, 2.05) is 0 Å². The summed E-state index contributed by atoms with van der Waals surface area (Å²) in [5.74, 6) is -3.43. The van der Waals surface area contributed by atoms with Gasteiger partial charge in [0.15, 0.2) is 0 Å². The maximum Gasteiger partial charge on any atom is 0.305 e. The second-order valence-electron chi connectivity index (χ2n) is 12.2. The summed E-state index contributed by atoms with van der Waals surface area (Å²) in [5, 5.41) is 24.1. The molecule has 0 saturated heterocycles. The molecule has 0 aromatic carbocycles. The van der Waals surface area contributed by atoms with Gasteiger partial charge in [0, 0.05) is 36.6 Å². The summed E-state index contributed by atoms with van der Waals surface area (Å²) >= 11 is 0. The summed E-state index contributed by atoms with van der Waals surface area (Å²) in [4.78, 5) is 49.4. The Hall–Kier alpha value is -1.92. The highest BCUT2D eigenvalue weighted by Gasteiger charge is 2.66. The maximum atomic E-state index is 13.6. The van der Waals surface area contributed by atoms with Gasteiger partial charge in [-0.1, -0.05) is 20.8 Å². The van der Waals surface area contributed by atoms with E-state index in [2.05, 4.69) is 20.8 Å². The van der Waals surface area contributed by atoms with Crippen LogP contribution in [-0.4, -0.2) is 30.8 Å². The Labute approximate surface area is 202 Å². The Morgan fingerprint density at radius 3 is 2.38 bits per heavy atom. The smallest absolute Gasteiger partial charge is 0.305 e. The molecule has 0 unspecified atom stereocenters. The molecule has 34 heavy (non-hydrogen) atoms. The third kappa shape index (κ3) is 3.78. The molecule has 0 aromatic rings. The van der Waals surface area contributed by atoms with E-state index in [9.17, 15) is 29.4 Å². The largest absolute Gasteiger partial charge is 0.550 e. The van der Waals surface area contributed by atoms with Crippen molar-refractivity contribution >= 4 is 23.7 Å². The summed E-state index contributed by atoms with van der Waals surface area (Å²) in [6, 6.07) is 0. The van der Waals surface area contributed by atoms with Crippen molar-refractivity contribution in [3.05, 3.63) is 0 Å². The van der Waals surface area contributed by atoms with Crippen molar-refractivity contribution < 1.29 is 34.1 Å². The van der Waals surface area contributed by atoms with Gasteiger partial charge in [-0.15, -0.1) is 0 Å². The van der Waals surface area contributed by atoms with Crippen molar-refractivity contribution in [2.75, 3.05) is 7.11 Å². The highest BCUT2D eigenvalue weighted by atomic mass is 16.5. The van der Waals surface area contributed by atoms with Crippen LogP contribution in [0.15, 0.2) is 0 Å². The van der Waals surface area contributed by atoms with E-state index in [1.54, 1.807) is 0 Å². The fourth-order valence-corrected chi connectivity index (χ4v) is 9.12. The molecule has 7 heteroatoms. The molecule has 0 bridgehead atoms. The van der Waals surface area contributed by atoms with Crippen LogP contribution in [0.5, 0.6) is 0 Å². The van der Waals surface area contributed by atoms with Gasteiger partial charge in [-0.2, -0.15) is 0 Å². The summed E-state index contributed by atoms with van der Waals surface area (Å²) in [7, 11) is 1.37. The fraction of sp³-hybridized carbons (Fsp3) is 0.852. The Bertz CT molecular complexity index is 867. The van der Waals surface area contributed by atoms with Crippen LogP contribution < -0.4 is 10.2 Å². The first-order valence-electron chi connectivity index (χ1n) is 13.0. The quantitative estimate of drug-likeness (QED) is 0.537. The number of carbonyl (C=O) groups excluding carboxylic acids is 4. The third-order valence-electron chi connectivity index (χ3n) is 11.0. The molecule has 4 aliphatic rings. The maximum absolute atomic E-state index is 13.6. The van der Waals surface area contributed by atoms with Crippen molar-refractivity contribution in [1.82, 2.24) is 0 Å². The predicted molar refractivity (Wildman–Crippen MR) is 118 cm³/mol. The lowest BCUT2D eigenvalue weighted by atomic mass is 9.41. The zero-order valence-electron chi connectivity index (χ0n) is 20.8. The number of carbonyl (C=O) groups is 4. The van der Waals surface area contributed by atoms with Crippen LogP contribution in [0.4, 0.5) is 0 Å². The number of rotatable bonds is 6. The monoisotopic (exact) mass is 474 g/mol. The number of hydrogen-bond donors (Lipinski definition) is 0. The van der Waals surface area contributed by atoms with Crippen molar-refractivity contribution in [2.45, 2.75) is 78.6 Å². The van der Waals surface area contributed by atoms with Crippen LogP contribution in [0.3, 0.4) is 0 Å². The van der Waals surface area contributed by atoms with Gasteiger partial charge in [-0.25, -0.2) is 0 Å². The molecule has 0 spiro atoms. The number of ether oxygens (including phenoxy) is 1. The molecular formula is C27H38O7-2. The number of aliphatic carboxylic acids is 2. The Morgan fingerprint density at radius 1 is 1.06 bits per heavy atom. The van der Waals surface area contributed by atoms with Crippen LogP contribution >= 0.6 is 0 Å². The van der Waals surface area contributed by atoms with Gasteiger partial charge >= 0.3 is 5.97 Å². The minimum Gasteiger partial charge on any atom is -0.550 e. The minimum atomic E-state index is -1.04. The lowest BCUT2D eigenvalue weighted by molar-refractivity contribution is -0.321. The van der Waals surface area contributed by atoms with E-state index in [0.717, 1.165) is 12.8 Å². The number of hydrogen-bond acceptors (Lipinski definition) is 7. The summed E-state index contributed by atoms with van der Waals surface area (Å²) in [6.07, 6.45) is 5.03. The molecule has 0 heterocycles. The first kappa shape index (κ1) is 25.2. The topological polar surface area (TPSA) is 124 Å². The van der Waals surface area contributed by atoms with E-state index >= 15 is 0 Å². The molecule has 0 radical (unpaired) electrons. The number of ketones is 1. The Kier molecular flexibility index (Phi) is 6.62. The first-order valence-corrected chi connectivity index (χ1v) is 13.0. The van der Waals surface area contributed by atoms with Gasteiger partial charge in [-0.3, -0.25) is 9.59 Å². The number of esters is 1. The van der Waals surface area contributed by atoms with E-state index < -0.39 is 29.2 Å². The summed E-state index contributed by atoms with van der Waals surface area (Å²) in [6.45, 7) is 6.30. The van der Waals surface area contributed by atoms with Crippen LogP contribution in [0.1, 0.15) is 78.6 Å². The van der Waals surface area contributed by atoms with Gasteiger partial charge in [0.25, 0.3) is 0 Å². The standard InChI is InChI=1S/C27H40O7/c1-14(5-8-22(29)34-4)17-6-7-18-23-19(13-20(25(32)33)27(17,18)3)26(2)10-9-15(24(30)31)11-16(26)12-21(23)28/h14-20,23H,5-13H2,1-4H3,(H,30,31)(H,32,33)/p-2/t14-,15+,16-,17+,18+,19+,20+,23+,26-,27+/m0/s1. The predicted octanol–water partition coefficient (Wildman–Crippen LogP) is 1.76. The number of Topliss-reactive ketones (excluding diaryl/α,β-unsaturated/α-hetero) is 1. The van der Waals surface area contributed by atoms with Gasteiger partial charge < -0.3 is 24.5 Å². The number of carboxylic acids is 2. The van der Waals surface area contributed by atoms with Gasteiger partial charge in [-0.05, 0) is 91.3 Å². The summed E-state index contributed by atoms with van der Waals surface area (Å²) in [5.41, 5.74) is -0.801. The normalized spacial score (nSPS) is 44.4. The third-order valence-corrected chi connectivity index (χ3v) is 11.0. The zero-order chi connectivity index (χ0) is 25.0. The lowest BCUT2D eigenvalue weighted by Crippen LogP contribution is -2.62. The SMILES string of the molecule is COC(=O)CC[C@H](C)[C@H]1CC[C@@H]2[C@H]3C(=O)C[C@@H]4C[C@H](C(=O)[O-])CC[C@]4(C)[C@@H]3C[C@H](C(=O)[O-])[C@@]21C. The summed E-state index contributed by atoms with van der Waals surface area (Å²) < 4.78 is 4.79. The van der Waals surface area contributed by atoms with E-state index in [0.29, 0.717) is 44.9 Å². The number of carboxylic acid groups (broad SMARTS) is 2. The molecule has 0 aliphatic heterocycles. The minimum absolute atomic E-state index is 0.0242. The molecule has 0 amide bonds. The van der Waals surface area contributed by atoms with Crippen LogP contribution in [0.2, 0.25) is 0 Å². The average Bonchev–Trinajstić information content (AvgIpc) is 3.14. The van der Waals surface area contributed by atoms with Crippen LogP contribution in [0, 0.1) is 58.2 Å². The Morgan fingerprint density at radius 2 is 1.76 bits per heavy atom. The van der Waals surface area contributed by atoms with Crippen molar-refractivity contribution in [2.24, 2.45) is 58.2 Å². The molecule has 190 valence electrons.